The fourth-order valence-corrected chi connectivity index (χ4v) is 3.60. The number of fused-ring (bicyclic) bond motifs is 2. The fourth-order valence-electron chi connectivity index (χ4n) is 3.60. The predicted octanol–water partition coefficient (Wildman–Crippen LogP) is 4.16. The average molecular weight is 404 g/mol. The Morgan fingerprint density at radius 3 is 2.77 bits per heavy atom. The van der Waals surface area contributed by atoms with Crippen LogP contribution in [-0.2, 0) is 9.53 Å². The van der Waals surface area contributed by atoms with Gasteiger partial charge in [0.25, 0.3) is 5.91 Å². The Morgan fingerprint density at radius 1 is 1.17 bits per heavy atom. The van der Waals surface area contributed by atoms with Crippen molar-refractivity contribution >= 4 is 22.8 Å². The van der Waals surface area contributed by atoms with Crippen LogP contribution >= 0.6 is 0 Å². The molecule has 0 saturated carbocycles. The largest absolute Gasteiger partial charge is 0.493 e. The number of carbonyl (C=O) groups excluding carboxylic acids is 2. The van der Waals surface area contributed by atoms with Gasteiger partial charge < -0.3 is 14.8 Å². The summed E-state index contributed by atoms with van der Waals surface area (Å²) in [4.78, 5) is 29.8. The highest BCUT2D eigenvalue weighted by Crippen LogP contribution is 2.31. The molecule has 1 aliphatic rings. The summed E-state index contributed by atoms with van der Waals surface area (Å²) in [5.41, 5.74) is 2.90. The number of amides is 1. The van der Waals surface area contributed by atoms with E-state index in [9.17, 15) is 9.59 Å². The molecule has 1 amide bonds. The van der Waals surface area contributed by atoms with Crippen LogP contribution < -0.4 is 10.1 Å². The molecule has 4 rings (SSSR count). The number of esters is 1. The van der Waals surface area contributed by atoms with E-state index in [0.29, 0.717) is 24.0 Å². The number of rotatable bonds is 5. The lowest BCUT2D eigenvalue weighted by Gasteiger charge is -2.26. The summed E-state index contributed by atoms with van der Waals surface area (Å²) in [5.74, 6) is 0.0686. The highest BCUT2D eigenvalue weighted by Gasteiger charge is 2.23. The van der Waals surface area contributed by atoms with Gasteiger partial charge in [0, 0.05) is 23.1 Å². The number of hydrogen-bond donors (Lipinski definition) is 1. The normalized spacial score (nSPS) is 15.4. The predicted molar refractivity (Wildman–Crippen MR) is 114 cm³/mol. The molecule has 0 spiro atoms. The molecular weight excluding hydrogens is 380 g/mol. The third-order valence-electron chi connectivity index (χ3n) is 5.18. The smallest absolute Gasteiger partial charge is 0.339 e. The molecule has 0 saturated heterocycles. The minimum Gasteiger partial charge on any atom is -0.493 e. The number of ether oxygens (including phenoxy) is 2. The van der Waals surface area contributed by atoms with Gasteiger partial charge in [0.15, 0.2) is 6.61 Å². The molecule has 1 atom stereocenters. The van der Waals surface area contributed by atoms with Crippen LogP contribution in [0.15, 0.2) is 54.6 Å². The van der Waals surface area contributed by atoms with Crippen LogP contribution in [-0.4, -0.2) is 30.1 Å². The third kappa shape index (κ3) is 4.13. The third-order valence-corrected chi connectivity index (χ3v) is 5.18. The summed E-state index contributed by atoms with van der Waals surface area (Å²) < 4.78 is 11.0. The second-order valence-corrected chi connectivity index (χ2v) is 7.64. The Balaban J connectivity index is 1.46. The zero-order valence-electron chi connectivity index (χ0n) is 17.1. The van der Waals surface area contributed by atoms with Crippen LogP contribution in [0.5, 0.6) is 5.75 Å². The van der Waals surface area contributed by atoms with E-state index in [1.807, 2.05) is 62.4 Å². The zero-order chi connectivity index (χ0) is 21.1. The van der Waals surface area contributed by atoms with E-state index in [1.54, 1.807) is 6.07 Å². The summed E-state index contributed by atoms with van der Waals surface area (Å²) in [7, 11) is 0. The molecule has 1 unspecified atom stereocenters. The van der Waals surface area contributed by atoms with Crippen LogP contribution in [0.1, 0.15) is 53.8 Å². The molecule has 6 nitrogen and oxygen atoms in total. The molecule has 2 heterocycles. The number of nitrogens with zero attached hydrogens (tertiary/aromatic N) is 1. The first-order valence-electron chi connectivity index (χ1n) is 10.1. The van der Waals surface area contributed by atoms with Crippen molar-refractivity contribution in [2.24, 2.45) is 0 Å². The van der Waals surface area contributed by atoms with E-state index < -0.39 is 5.97 Å². The Morgan fingerprint density at radius 2 is 1.93 bits per heavy atom. The van der Waals surface area contributed by atoms with Crippen molar-refractivity contribution < 1.29 is 19.1 Å². The molecule has 30 heavy (non-hydrogen) atoms. The Kier molecular flexibility index (Phi) is 5.65. The van der Waals surface area contributed by atoms with E-state index in [-0.39, 0.29) is 24.5 Å². The van der Waals surface area contributed by atoms with Gasteiger partial charge in [-0.15, -0.1) is 0 Å². The van der Waals surface area contributed by atoms with Crippen molar-refractivity contribution in [2.45, 2.75) is 32.2 Å². The molecular formula is C24H24N2O4. The van der Waals surface area contributed by atoms with E-state index in [0.717, 1.165) is 22.5 Å². The van der Waals surface area contributed by atoms with Crippen LogP contribution in [0, 0.1) is 0 Å². The molecule has 6 heteroatoms. The Bertz CT molecular complexity index is 1090. The van der Waals surface area contributed by atoms with Crippen molar-refractivity contribution in [1.82, 2.24) is 10.3 Å². The maximum Gasteiger partial charge on any atom is 0.339 e. The molecule has 3 aromatic rings. The summed E-state index contributed by atoms with van der Waals surface area (Å²) in [5, 5.41) is 3.65. The fraction of sp³-hybridized carbons (Fsp3) is 0.292. The van der Waals surface area contributed by atoms with E-state index >= 15 is 0 Å². The van der Waals surface area contributed by atoms with E-state index in [2.05, 4.69) is 10.3 Å². The number of hydrogen-bond acceptors (Lipinski definition) is 5. The quantitative estimate of drug-likeness (QED) is 0.646. The summed E-state index contributed by atoms with van der Waals surface area (Å²) in [6.45, 7) is 4.23. The molecule has 2 aromatic carbocycles. The second kappa shape index (κ2) is 8.53. The number of carbonyl (C=O) groups is 2. The SMILES string of the molecule is CC(C)c1cc(C(=O)OCC(=O)NC2CCOc3ccccc32)c2ccccc2n1. The highest BCUT2D eigenvalue weighted by molar-refractivity contribution is 6.04. The van der Waals surface area contributed by atoms with Crippen LogP contribution in [0.2, 0.25) is 0 Å². The maximum absolute atomic E-state index is 12.8. The van der Waals surface area contributed by atoms with Crippen molar-refractivity contribution in [3.05, 3.63) is 71.4 Å². The lowest BCUT2D eigenvalue weighted by molar-refractivity contribution is -0.125. The van der Waals surface area contributed by atoms with Gasteiger partial charge in [-0.1, -0.05) is 50.2 Å². The number of pyridine rings is 1. The lowest BCUT2D eigenvalue weighted by atomic mass is 10.0. The van der Waals surface area contributed by atoms with E-state index in [4.69, 9.17) is 9.47 Å². The minimum atomic E-state index is -0.530. The first-order chi connectivity index (χ1) is 14.5. The van der Waals surface area contributed by atoms with Crippen molar-refractivity contribution in [2.75, 3.05) is 13.2 Å². The Hall–Kier alpha value is -3.41. The molecule has 0 bridgehead atoms. The van der Waals surface area contributed by atoms with Gasteiger partial charge in [0.1, 0.15) is 5.75 Å². The average Bonchev–Trinajstić information content (AvgIpc) is 2.77. The first-order valence-corrected chi connectivity index (χ1v) is 10.1. The monoisotopic (exact) mass is 404 g/mol. The summed E-state index contributed by atoms with van der Waals surface area (Å²) in [6, 6.07) is 16.7. The first kappa shape index (κ1) is 19.9. The van der Waals surface area contributed by atoms with Gasteiger partial charge in [0.2, 0.25) is 0 Å². The second-order valence-electron chi connectivity index (χ2n) is 7.64. The minimum absolute atomic E-state index is 0.157. The molecule has 154 valence electrons. The van der Waals surface area contributed by atoms with Crippen molar-refractivity contribution in [1.29, 1.82) is 0 Å². The standard InChI is InChI=1S/C24H24N2O4/c1-15(2)21-13-18(16-7-3-5-9-19(16)25-21)24(28)30-14-23(27)26-20-11-12-29-22-10-6-4-8-17(20)22/h3-10,13,15,20H,11-12,14H2,1-2H3,(H,26,27). The van der Waals surface area contributed by atoms with Gasteiger partial charge in [-0.25, -0.2) is 4.79 Å². The van der Waals surface area contributed by atoms with E-state index in [1.165, 1.54) is 0 Å². The van der Waals surface area contributed by atoms with Gasteiger partial charge in [0.05, 0.1) is 23.7 Å². The maximum atomic E-state index is 12.8. The van der Waals surface area contributed by atoms with Crippen molar-refractivity contribution in [3.8, 4) is 5.75 Å². The lowest BCUT2D eigenvalue weighted by Crippen LogP contribution is -2.35. The molecule has 0 fully saturated rings. The molecule has 0 aliphatic carbocycles. The van der Waals surface area contributed by atoms with Crippen LogP contribution in [0.25, 0.3) is 10.9 Å². The van der Waals surface area contributed by atoms with Gasteiger partial charge in [-0.3, -0.25) is 9.78 Å². The van der Waals surface area contributed by atoms with Crippen LogP contribution in [0.4, 0.5) is 0 Å². The highest BCUT2D eigenvalue weighted by atomic mass is 16.5. The topological polar surface area (TPSA) is 77.5 Å². The Labute approximate surface area is 175 Å². The summed E-state index contributed by atoms with van der Waals surface area (Å²) >= 11 is 0. The molecule has 1 aromatic heterocycles. The van der Waals surface area contributed by atoms with Gasteiger partial charge in [-0.2, -0.15) is 0 Å². The van der Waals surface area contributed by atoms with Crippen LogP contribution in [0.3, 0.4) is 0 Å². The van der Waals surface area contributed by atoms with Gasteiger partial charge >= 0.3 is 5.97 Å². The number of para-hydroxylation sites is 2. The molecule has 1 N–H and O–H groups in total. The summed E-state index contributed by atoms with van der Waals surface area (Å²) in [6.07, 6.45) is 0.670. The number of nitrogens with one attached hydrogen (secondary N) is 1. The molecule has 0 radical (unpaired) electrons. The van der Waals surface area contributed by atoms with Gasteiger partial charge in [-0.05, 0) is 24.1 Å². The zero-order valence-corrected chi connectivity index (χ0v) is 17.1. The number of aromatic nitrogens is 1. The van der Waals surface area contributed by atoms with Crippen molar-refractivity contribution in [3.63, 3.8) is 0 Å². The number of benzene rings is 2. The molecule has 1 aliphatic heterocycles.